The van der Waals surface area contributed by atoms with Gasteiger partial charge in [0, 0.05) is 0 Å². The van der Waals surface area contributed by atoms with Gasteiger partial charge in [0.1, 0.15) is 13.2 Å². The van der Waals surface area contributed by atoms with E-state index in [4.69, 9.17) is 4.74 Å². The fourth-order valence-corrected chi connectivity index (χ4v) is 1.95. The minimum absolute atomic E-state index is 0.185. The molecule has 0 aliphatic heterocycles. The van der Waals surface area contributed by atoms with E-state index in [1.54, 1.807) is 0 Å². The van der Waals surface area contributed by atoms with Crippen molar-refractivity contribution in [3.8, 4) is 0 Å². The number of rotatable bonds is 5. The number of halogens is 3. The van der Waals surface area contributed by atoms with Crippen LogP contribution in [0.5, 0.6) is 0 Å². The van der Waals surface area contributed by atoms with Crippen molar-refractivity contribution in [1.29, 1.82) is 0 Å². The second-order valence-corrected chi connectivity index (χ2v) is 4.81. The molecular weight excluding hydrogens is 273 g/mol. The Hall–Kier alpha value is -1.56. The number of esters is 1. The highest BCUT2D eigenvalue weighted by molar-refractivity contribution is 5.73. The van der Waals surface area contributed by atoms with Gasteiger partial charge in [-0.15, -0.1) is 0 Å². The van der Waals surface area contributed by atoms with Gasteiger partial charge in [-0.2, -0.15) is 13.2 Å². The number of ether oxygens (including phenoxy) is 2. The first kappa shape index (κ1) is 14.8. The van der Waals surface area contributed by atoms with E-state index in [0.29, 0.717) is 12.8 Å². The number of hydrogen-bond donors (Lipinski definition) is 0. The highest BCUT2D eigenvalue weighted by atomic mass is 19.4. The number of alkyl halides is 3. The SMILES string of the molecule is O=C(OCc1ccccc1)C1CC(OCC(F)(F)F)C1. The van der Waals surface area contributed by atoms with Crippen LogP contribution in [0.4, 0.5) is 13.2 Å². The zero-order chi connectivity index (χ0) is 14.6. The van der Waals surface area contributed by atoms with Crippen LogP contribution in [-0.4, -0.2) is 24.9 Å². The minimum Gasteiger partial charge on any atom is -0.461 e. The van der Waals surface area contributed by atoms with Gasteiger partial charge in [0.15, 0.2) is 0 Å². The lowest BCUT2D eigenvalue weighted by molar-refractivity contribution is -0.200. The lowest BCUT2D eigenvalue weighted by Crippen LogP contribution is -2.39. The molecule has 0 atom stereocenters. The molecule has 0 amide bonds. The standard InChI is InChI=1S/C14H15F3O3/c15-14(16,17)9-20-12-6-11(7-12)13(18)19-8-10-4-2-1-3-5-10/h1-5,11-12H,6-9H2. The van der Waals surface area contributed by atoms with E-state index in [2.05, 4.69) is 4.74 Å². The Morgan fingerprint density at radius 1 is 1.20 bits per heavy atom. The summed E-state index contributed by atoms with van der Waals surface area (Å²) in [4.78, 5) is 11.6. The minimum atomic E-state index is -4.32. The summed E-state index contributed by atoms with van der Waals surface area (Å²) >= 11 is 0. The van der Waals surface area contributed by atoms with Gasteiger partial charge in [-0.05, 0) is 18.4 Å². The molecule has 2 rings (SSSR count). The summed E-state index contributed by atoms with van der Waals surface area (Å²) < 4.78 is 45.5. The van der Waals surface area contributed by atoms with E-state index in [1.165, 1.54) is 0 Å². The Morgan fingerprint density at radius 2 is 1.85 bits per heavy atom. The molecule has 0 spiro atoms. The van der Waals surface area contributed by atoms with Gasteiger partial charge in [-0.1, -0.05) is 30.3 Å². The molecule has 0 aromatic heterocycles. The van der Waals surface area contributed by atoms with Gasteiger partial charge < -0.3 is 9.47 Å². The monoisotopic (exact) mass is 288 g/mol. The van der Waals surface area contributed by atoms with Crippen molar-refractivity contribution in [1.82, 2.24) is 0 Å². The van der Waals surface area contributed by atoms with E-state index >= 15 is 0 Å². The molecule has 0 N–H and O–H groups in total. The van der Waals surface area contributed by atoms with Gasteiger partial charge in [-0.3, -0.25) is 4.79 Å². The maximum absolute atomic E-state index is 11.9. The fourth-order valence-electron chi connectivity index (χ4n) is 1.95. The zero-order valence-electron chi connectivity index (χ0n) is 10.7. The first-order valence-electron chi connectivity index (χ1n) is 6.33. The Kier molecular flexibility index (Phi) is 4.65. The molecule has 1 aliphatic rings. The molecule has 0 heterocycles. The molecule has 3 nitrogen and oxygen atoms in total. The van der Waals surface area contributed by atoms with Crippen LogP contribution in [0.2, 0.25) is 0 Å². The van der Waals surface area contributed by atoms with Crippen molar-refractivity contribution in [3.05, 3.63) is 35.9 Å². The molecule has 110 valence electrons. The molecule has 1 aromatic carbocycles. The predicted molar refractivity (Wildman–Crippen MR) is 64.8 cm³/mol. The molecule has 0 saturated heterocycles. The van der Waals surface area contributed by atoms with Gasteiger partial charge in [0.25, 0.3) is 0 Å². The van der Waals surface area contributed by atoms with Gasteiger partial charge in [0.05, 0.1) is 12.0 Å². The summed E-state index contributed by atoms with van der Waals surface area (Å²) in [6, 6.07) is 9.22. The summed E-state index contributed by atoms with van der Waals surface area (Å²) in [6.45, 7) is -1.08. The van der Waals surface area contributed by atoms with Crippen LogP contribution in [0, 0.1) is 5.92 Å². The lowest BCUT2D eigenvalue weighted by atomic mass is 9.82. The topological polar surface area (TPSA) is 35.5 Å². The van der Waals surface area contributed by atoms with Crippen LogP contribution in [-0.2, 0) is 20.9 Å². The smallest absolute Gasteiger partial charge is 0.411 e. The summed E-state index contributed by atoms with van der Waals surface area (Å²) in [6.07, 6.45) is -4.22. The van der Waals surface area contributed by atoms with E-state index in [0.717, 1.165) is 5.56 Å². The van der Waals surface area contributed by atoms with Crippen LogP contribution < -0.4 is 0 Å². The van der Waals surface area contributed by atoms with E-state index in [1.807, 2.05) is 30.3 Å². The van der Waals surface area contributed by atoms with E-state index < -0.39 is 18.9 Å². The fraction of sp³-hybridized carbons (Fsp3) is 0.500. The molecule has 0 unspecified atom stereocenters. The lowest BCUT2D eigenvalue weighted by Gasteiger charge is -2.33. The number of hydrogen-bond acceptors (Lipinski definition) is 3. The molecule has 1 saturated carbocycles. The van der Waals surface area contributed by atoms with Gasteiger partial charge in [0.2, 0.25) is 0 Å². The maximum Gasteiger partial charge on any atom is 0.411 e. The van der Waals surface area contributed by atoms with E-state index in [9.17, 15) is 18.0 Å². The van der Waals surface area contributed by atoms with Crippen molar-refractivity contribution in [3.63, 3.8) is 0 Å². The molecule has 6 heteroatoms. The van der Waals surface area contributed by atoms with Crippen LogP contribution in [0.1, 0.15) is 18.4 Å². The summed E-state index contributed by atoms with van der Waals surface area (Å²) in [5, 5.41) is 0. The predicted octanol–water partition coefficient (Wildman–Crippen LogP) is 3.09. The molecule has 1 aromatic rings. The third-order valence-corrected chi connectivity index (χ3v) is 3.13. The Labute approximate surface area is 114 Å². The van der Waals surface area contributed by atoms with Crippen molar-refractivity contribution in [2.75, 3.05) is 6.61 Å². The van der Waals surface area contributed by atoms with Crippen molar-refractivity contribution < 1.29 is 27.4 Å². The largest absolute Gasteiger partial charge is 0.461 e. The third-order valence-electron chi connectivity index (χ3n) is 3.13. The van der Waals surface area contributed by atoms with Gasteiger partial charge in [-0.25, -0.2) is 0 Å². The zero-order valence-corrected chi connectivity index (χ0v) is 10.7. The molecule has 0 bridgehead atoms. The van der Waals surface area contributed by atoms with Crippen molar-refractivity contribution in [2.24, 2.45) is 5.92 Å². The number of carbonyl (C=O) groups is 1. The Balaban J connectivity index is 1.64. The van der Waals surface area contributed by atoms with Crippen LogP contribution in [0.3, 0.4) is 0 Å². The van der Waals surface area contributed by atoms with Crippen LogP contribution in [0.15, 0.2) is 30.3 Å². The average molecular weight is 288 g/mol. The Morgan fingerprint density at radius 3 is 2.45 bits per heavy atom. The quantitative estimate of drug-likeness (QED) is 0.781. The molecule has 1 aliphatic carbocycles. The van der Waals surface area contributed by atoms with Gasteiger partial charge >= 0.3 is 12.1 Å². The average Bonchev–Trinajstić information content (AvgIpc) is 2.34. The highest BCUT2D eigenvalue weighted by Gasteiger charge is 2.39. The van der Waals surface area contributed by atoms with E-state index in [-0.39, 0.29) is 18.5 Å². The van der Waals surface area contributed by atoms with Crippen LogP contribution in [0.25, 0.3) is 0 Å². The molecule has 1 fully saturated rings. The number of carbonyl (C=O) groups excluding carboxylic acids is 1. The number of benzene rings is 1. The molecule has 20 heavy (non-hydrogen) atoms. The molecular formula is C14H15F3O3. The van der Waals surface area contributed by atoms with Crippen molar-refractivity contribution >= 4 is 5.97 Å². The van der Waals surface area contributed by atoms with Crippen molar-refractivity contribution in [2.45, 2.75) is 31.7 Å². The summed E-state index contributed by atoms with van der Waals surface area (Å²) in [5.41, 5.74) is 0.880. The highest BCUT2D eigenvalue weighted by Crippen LogP contribution is 2.32. The second kappa shape index (κ2) is 6.26. The Bertz CT molecular complexity index is 439. The molecule has 0 radical (unpaired) electrons. The first-order valence-corrected chi connectivity index (χ1v) is 6.33. The first-order chi connectivity index (χ1) is 9.44. The summed E-state index contributed by atoms with van der Waals surface area (Å²) in [7, 11) is 0. The normalized spacial score (nSPS) is 22.1. The van der Waals surface area contributed by atoms with Crippen LogP contribution >= 0.6 is 0 Å². The second-order valence-electron chi connectivity index (χ2n) is 4.81. The third kappa shape index (κ3) is 4.52. The summed E-state index contributed by atoms with van der Waals surface area (Å²) in [5.74, 6) is -0.724. The maximum atomic E-state index is 11.9.